The molecule has 1 fully saturated rings. The molecule has 1 aliphatic rings. The van der Waals surface area contributed by atoms with E-state index in [0.717, 1.165) is 23.7 Å². The molecule has 0 aliphatic heterocycles. The molecule has 1 aliphatic carbocycles. The van der Waals surface area contributed by atoms with E-state index in [2.05, 4.69) is 0 Å². The van der Waals surface area contributed by atoms with Crippen molar-refractivity contribution in [3.63, 3.8) is 0 Å². The lowest BCUT2D eigenvalue weighted by atomic mass is 10.1. The summed E-state index contributed by atoms with van der Waals surface area (Å²) in [6, 6.07) is 10.0. The van der Waals surface area contributed by atoms with Gasteiger partial charge in [-0.3, -0.25) is 9.59 Å². The van der Waals surface area contributed by atoms with Crippen LogP contribution in [0.15, 0.2) is 30.3 Å². The summed E-state index contributed by atoms with van der Waals surface area (Å²) >= 11 is 0. The summed E-state index contributed by atoms with van der Waals surface area (Å²) in [5.74, 6) is -1.47. The van der Waals surface area contributed by atoms with Crippen LogP contribution < -0.4 is 0 Å². The lowest BCUT2D eigenvalue weighted by molar-refractivity contribution is -0.141. The first-order valence-electron chi connectivity index (χ1n) is 8.15. The number of carboxylic acids is 1. The second-order valence-electron chi connectivity index (χ2n) is 6.26. The van der Waals surface area contributed by atoms with Gasteiger partial charge in [-0.1, -0.05) is 25.1 Å². The summed E-state index contributed by atoms with van der Waals surface area (Å²) in [6.07, 6.45) is 1.93. The van der Waals surface area contributed by atoms with Gasteiger partial charge in [0.05, 0.1) is 5.92 Å². The maximum Gasteiger partial charge on any atom is 0.308 e. The molecule has 0 saturated heterocycles. The van der Waals surface area contributed by atoms with Gasteiger partial charge in [-0.25, -0.2) is 0 Å². The molecule has 0 unspecified atom stereocenters. The van der Waals surface area contributed by atoms with Crippen molar-refractivity contribution in [2.45, 2.75) is 39.3 Å². The van der Waals surface area contributed by atoms with Gasteiger partial charge in [0, 0.05) is 30.0 Å². The maximum absolute atomic E-state index is 13.0. The number of hydrogen-bond donors (Lipinski definition) is 1. The number of hydrogen-bond acceptors (Lipinski definition) is 2. The molecule has 1 heterocycles. The van der Waals surface area contributed by atoms with Crippen LogP contribution in [0.3, 0.4) is 0 Å². The predicted molar refractivity (Wildman–Crippen MR) is 88.5 cm³/mol. The third kappa shape index (κ3) is 2.96. The molecular weight excluding hydrogens is 292 g/mol. The first-order chi connectivity index (χ1) is 11.0. The van der Waals surface area contributed by atoms with Crippen molar-refractivity contribution in [1.29, 1.82) is 0 Å². The van der Waals surface area contributed by atoms with Crippen LogP contribution in [0, 0.1) is 5.92 Å². The fourth-order valence-corrected chi connectivity index (χ4v) is 3.03. The molecule has 2 aromatic rings. The Morgan fingerprint density at radius 2 is 2.04 bits per heavy atom. The molecule has 1 saturated carbocycles. The van der Waals surface area contributed by atoms with Crippen molar-refractivity contribution in [2.24, 2.45) is 5.92 Å². The number of amides is 1. The van der Waals surface area contributed by atoms with E-state index in [0.29, 0.717) is 12.2 Å². The van der Waals surface area contributed by atoms with Gasteiger partial charge in [0.1, 0.15) is 5.69 Å². The summed E-state index contributed by atoms with van der Waals surface area (Å²) in [5, 5.41) is 10.2. The van der Waals surface area contributed by atoms with Crippen molar-refractivity contribution in [3.8, 4) is 0 Å². The fourth-order valence-electron chi connectivity index (χ4n) is 3.03. The highest BCUT2D eigenvalue weighted by molar-refractivity contribution is 5.99. The molecule has 1 atom stereocenters. The van der Waals surface area contributed by atoms with E-state index < -0.39 is 11.9 Å². The highest BCUT2D eigenvalue weighted by Crippen LogP contribution is 2.30. The van der Waals surface area contributed by atoms with E-state index in [4.69, 9.17) is 5.11 Å². The zero-order valence-electron chi connectivity index (χ0n) is 13.5. The Bertz CT molecular complexity index is 746. The lowest BCUT2D eigenvalue weighted by Crippen LogP contribution is -2.39. The Morgan fingerprint density at radius 1 is 1.35 bits per heavy atom. The SMILES string of the molecule is CCn1c(C(=O)N(C[C@H](C)C(=O)O)C2CC2)cc2ccccc21. The Balaban J connectivity index is 1.95. The number of para-hydroxylation sites is 1. The molecule has 1 aromatic carbocycles. The van der Waals surface area contributed by atoms with Gasteiger partial charge in [0.2, 0.25) is 0 Å². The normalized spacial score (nSPS) is 15.6. The molecule has 0 radical (unpaired) electrons. The molecule has 122 valence electrons. The van der Waals surface area contributed by atoms with E-state index >= 15 is 0 Å². The van der Waals surface area contributed by atoms with Crippen molar-refractivity contribution in [1.82, 2.24) is 9.47 Å². The molecule has 1 amide bonds. The summed E-state index contributed by atoms with van der Waals surface area (Å²) in [5.41, 5.74) is 1.69. The van der Waals surface area contributed by atoms with Crippen LogP contribution in [-0.4, -0.2) is 39.0 Å². The van der Waals surface area contributed by atoms with Gasteiger partial charge >= 0.3 is 5.97 Å². The third-order valence-electron chi connectivity index (χ3n) is 4.49. The number of benzene rings is 1. The van der Waals surface area contributed by atoms with Gasteiger partial charge in [-0.05, 0) is 31.9 Å². The molecule has 23 heavy (non-hydrogen) atoms. The van der Waals surface area contributed by atoms with Crippen LogP contribution in [0.5, 0.6) is 0 Å². The Hall–Kier alpha value is -2.30. The largest absolute Gasteiger partial charge is 0.481 e. The van der Waals surface area contributed by atoms with Crippen LogP contribution in [-0.2, 0) is 11.3 Å². The Labute approximate surface area is 135 Å². The van der Waals surface area contributed by atoms with Gasteiger partial charge in [-0.15, -0.1) is 0 Å². The van der Waals surface area contributed by atoms with Gasteiger partial charge in [-0.2, -0.15) is 0 Å². The minimum absolute atomic E-state index is 0.0568. The zero-order chi connectivity index (χ0) is 16.6. The monoisotopic (exact) mass is 314 g/mol. The van der Waals surface area contributed by atoms with Crippen LogP contribution in [0.1, 0.15) is 37.2 Å². The second-order valence-corrected chi connectivity index (χ2v) is 6.26. The Kier molecular flexibility index (Phi) is 4.11. The van der Waals surface area contributed by atoms with E-state index in [-0.39, 0.29) is 18.5 Å². The first-order valence-corrected chi connectivity index (χ1v) is 8.15. The van der Waals surface area contributed by atoms with Crippen molar-refractivity contribution in [3.05, 3.63) is 36.0 Å². The number of aromatic nitrogens is 1. The minimum atomic E-state index is -0.862. The van der Waals surface area contributed by atoms with Crippen molar-refractivity contribution in [2.75, 3.05) is 6.54 Å². The van der Waals surface area contributed by atoms with Gasteiger partial charge in [0.25, 0.3) is 5.91 Å². The molecule has 3 rings (SSSR count). The first kappa shape index (κ1) is 15.6. The third-order valence-corrected chi connectivity index (χ3v) is 4.49. The fraction of sp³-hybridized carbons (Fsp3) is 0.444. The van der Waals surface area contributed by atoms with Gasteiger partial charge < -0.3 is 14.6 Å². The predicted octanol–water partition coefficient (Wildman–Crippen LogP) is 2.99. The van der Waals surface area contributed by atoms with E-state index in [1.807, 2.05) is 41.8 Å². The minimum Gasteiger partial charge on any atom is -0.481 e. The van der Waals surface area contributed by atoms with Crippen molar-refractivity contribution >= 4 is 22.8 Å². The number of aliphatic carboxylic acids is 1. The number of aryl methyl sites for hydroxylation is 1. The quantitative estimate of drug-likeness (QED) is 0.891. The van der Waals surface area contributed by atoms with Crippen LogP contribution in [0.4, 0.5) is 0 Å². The van der Waals surface area contributed by atoms with E-state index in [9.17, 15) is 9.59 Å². The number of carbonyl (C=O) groups excluding carboxylic acids is 1. The molecule has 5 nitrogen and oxygen atoms in total. The van der Waals surface area contributed by atoms with Crippen molar-refractivity contribution < 1.29 is 14.7 Å². The van der Waals surface area contributed by atoms with E-state index in [1.165, 1.54) is 0 Å². The number of nitrogens with zero attached hydrogens (tertiary/aromatic N) is 2. The number of carbonyl (C=O) groups is 2. The summed E-state index contributed by atoms with van der Waals surface area (Å²) in [6.45, 7) is 4.65. The van der Waals surface area contributed by atoms with Gasteiger partial charge in [0.15, 0.2) is 0 Å². The average Bonchev–Trinajstić information content (AvgIpc) is 3.31. The number of rotatable bonds is 6. The topological polar surface area (TPSA) is 62.5 Å². The molecule has 0 spiro atoms. The van der Waals surface area contributed by atoms with Crippen LogP contribution >= 0.6 is 0 Å². The molecule has 1 N–H and O–H groups in total. The molecular formula is C18H22N2O3. The molecule has 0 bridgehead atoms. The lowest BCUT2D eigenvalue weighted by Gasteiger charge is -2.25. The van der Waals surface area contributed by atoms with Crippen LogP contribution in [0.25, 0.3) is 10.9 Å². The van der Waals surface area contributed by atoms with Crippen LogP contribution in [0.2, 0.25) is 0 Å². The second kappa shape index (κ2) is 6.07. The standard InChI is InChI=1S/C18H22N2O3/c1-3-19-15-7-5-4-6-13(15)10-16(19)17(21)20(14-8-9-14)11-12(2)18(22)23/h4-7,10,12,14H,3,8-9,11H2,1-2H3,(H,22,23)/t12-/m0/s1. The Morgan fingerprint density at radius 3 is 2.65 bits per heavy atom. The molecule has 1 aromatic heterocycles. The number of carboxylic acid groups (broad SMARTS) is 1. The maximum atomic E-state index is 13.0. The number of fused-ring (bicyclic) bond motifs is 1. The smallest absolute Gasteiger partial charge is 0.308 e. The summed E-state index contributed by atoms with van der Waals surface area (Å²) < 4.78 is 2.01. The summed E-state index contributed by atoms with van der Waals surface area (Å²) in [4.78, 5) is 26.0. The highest BCUT2D eigenvalue weighted by Gasteiger charge is 2.36. The molecule has 5 heteroatoms. The van der Waals surface area contributed by atoms with E-state index in [1.54, 1.807) is 11.8 Å². The summed E-state index contributed by atoms with van der Waals surface area (Å²) in [7, 11) is 0. The highest BCUT2D eigenvalue weighted by atomic mass is 16.4. The zero-order valence-corrected chi connectivity index (χ0v) is 13.5. The average molecular weight is 314 g/mol.